The minimum absolute atomic E-state index is 0.126. The molecule has 5 heteroatoms. The Morgan fingerprint density at radius 2 is 1.82 bits per heavy atom. The monoisotopic (exact) mass is 365 g/mol. The Morgan fingerprint density at radius 3 is 2.50 bits per heavy atom. The average Bonchev–Trinajstić information content (AvgIpc) is 2.56. The minimum atomic E-state index is 0.126. The number of carbonyl (C=O) groups excluding carboxylic acids is 1. The van der Waals surface area contributed by atoms with E-state index in [1.807, 2.05) is 11.0 Å². The van der Waals surface area contributed by atoms with Crippen LogP contribution in [-0.4, -0.2) is 43.2 Å². The fourth-order valence-corrected chi connectivity index (χ4v) is 3.74. The maximum Gasteiger partial charge on any atom is 0.317 e. The molecule has 0 unspecified atom stereocenters. The van der Waals surface area contributed by atoms with Gasteiger partial charge in [0.1, 0.15) is 0 Å². The second-order valence-electron chi connectivity index (χ2n) is 6.24. The molecule has 1 N–H and O–H groups in total. The number of halogens is 1. The Bertz CT molecular complexity index is 508. The summed E-state index contributed by atoms with van der Waals surface area (Å²) in [7, 11) is 0. The zero-order chi connectivity index (χ0) is 15.4. The van der Waals surface area contributed by atoms with Crippen LogP contribution in [0.5, 0.6) is 0 Å². The van der Waals surface area contributed by atoms with Gasteiger partial charge >= 0.3 is 6.03 Å². The van der Waals surface area contributed by atoms with Gasteiger partial charge < -0.3 is 15.1 Å². The Hall–Kier alpha value is -1.23. The van der Waals surface area contributed by atoms with Gasteiger partial charge in [-0.2, -0.15) is 0 Å². The number of carbonyl (C=O) groups is 1. The molecule has 1 aromatic rings. The van der Waals surface area contributed by atoms with Crippen LogP contribution in [-0.2, 0) is 0 Å². The van der Waals surface area contributed by atoms with Gasteiger partial charge in [-0.25, -0.2) is 4.79 Å². The fourth-order valence-electron chi connectivity index (χ4n) is 3.35. The van der Waals surface area contributed by atoms with Gasteiger partial charge in [-0.1, -0.05) is 41.3 Å². The number of amides is 2. The number of anilines is 1. The molecule has 1 heterocycles. The van der Waals surface area contributed by atoms with Crippen LogP contribution in [0, 0.1) is 0 Å². The first-order valence-electron chi connectivity index (χ1n) is 8.28. The Kier molecular flexibility index (Phi) is 5.24. The van der Waals surface area contributed by atoms with Crippen molar-refractivity contribution in [2.24, 2.45) is 0 Å². The standard InChI is InChI=1S/C17H24BrN3O/c18-14-5-4-8-16(13-14)20-9-11-21(12-10-20)17(22)19-15-6-2-1-3-7-15/h4-5,8,13,15H,1-3,6-7,9-12H2,(H,19,22). The van der Waals surface area contributed by atoms with E-state index in [2.05, 4.69) is 44.3 Å². The lowest BCUT2D eigenvalue weighted by Crippen LogP contribution is -2.53. The van der Waals surface area contributed by atoms with E-state index in [0.717, 1.165) is 43.5 Å². The van der Waals surface area contributed by atoms with E-state index in [-0.39, 0.29) is 6.03 Å². The van der Waals surface area contributed by atoms with Crippen molar-refractivity contribution in [3.05, 3.63) is 28.7 Å². The highest BCUT2D eigenvalue weighted by Crippen LogP contribution is 2.21. The number of urea groups is 1. The smallest absolute Gasteiger partial charge is 0.317 e. The third-order valence-electron chi connectivity index (χ3n) is 4.67. The topological polar surface area (TPSA) is 35.6 Å². The Labute approximate surface area is 141 Å². The quantitative estimate of drug-likeness (QED) is 0.868. The summed E-state index contributed by atoms with van der Waals surface area (Å²) >= 11 is 3.52. The molecule has 2 fully saturated rings. The Balaban J connectivity index is 1.49. The van der Waals surface area contributed by atoms with Gasteiger partial charge in [0.25, 0.3) is 0 Å². The van der Waals surface area contributed by atoms with Crippen LogP contribution >= 0.6 is 15.9 Å². The highest BCUT2D eigenvalue weighted by atomic mass is 79.9. The van der Waals surface area contributed by atoms with Crippen molar-refractivity contribution in [1.82, 2.24) is 10.2 Å². The van der Waals surface area contributed by atoms with Crippen molar-refractivity contribution in [2.75, 3.05) is 31.1 Å². The molecular weight excluding hydrogens is 342 g/mol. The lowest BCUT2D eigenvalue weighted by atomic mass is 9.96. The van der Waals surface area contributed by atoms with Crippen LogP contribution in [0.15, 0.2) is 28.7 Å². The Morgan fingerprint density at radius 1 is 1.09 bits per heavy atom. The second kappa shape index (κ2) is 7.36. The first kappa shape index (κ1) is 15.7. The van der Waals surface area contributed by atoms with Crippen molar-refractivity contribution < 1.29 is 4.79 Å². The summed E-state index contributed by atoms with van der Waals surface area (Å²) < 4.78 is 1.10. The molecule has 120 valence electrons. The van der Waals surface area contributed by atoms with Crippen LogP contribution in [0.2, 0.25) is 0 Å². The molecule has 1 aliphatic heterocycles. The highest BCUT2D eigenvalue weighted by molar-refractivity contribution is 9.10. The van der Waals surface area contributed by atoms with Crippen LogP contribution < -0.4 is 10.2 Å². The number of rotatable bonds is 2. The summed E-state index contributed by atoms with van der Waals surface area (Å²) in [5.41, 5.74) is 1.22. The third kappa shape index (κ3) is 3.94. The predicted molar refractivity (Wildman–Crippen MR) is 93.3 cm³/mol. The van der Waals surface area contributed by atoms with Crippen LogP contribution in [0.4, 0.5) is 10.5 Å². The number of nitrogens with one attached hydrogen (secondary N) is 1. The van der Waals surface area contributed by atoms with E-state index in [1.54, 1.807) is 0 Å². The van der Waals surface area contributed by atoms with Gasteiger partial charge in [-0.3, -0.25) is 0 Å². The number of hydrogen-bond donors (Lipinski definition) is 1. The zero-order valence-electron chi connectivity index (χ0n) is 12.9. The molecule has 4 nitrogen and oxygen atoms in total. The molecule has 0 aromatic heterocycles. The molecule has 1 aromatic carbocycles. The summed E-state index contributed by atoms with van der Waals surface area (Å²) in [6.45, 7) is 3.39. The molecular formula is C17H24BrN3O. The molecule has 1 saturated carbocycles. The van der Waals surface area contributed by atoms with Gasteiger partial charge in [-0.15, -0.1) is 0 Å². The van der Waals surface area contributed by atoms with Crippen LogP contribution in [0.25, 0.3) is 0 Å². The fraction of sp³-hybridized carbons (Fsp3) is 0.588. The SMILES string of the molecule is O=C(NC1CCCCC1)N1CCN(c2cccc(Br)c2)CC1. The minimum Gasteiger partial charge on any atom is -0.368 e. The average molecular weight is 366 g/mol. The number of hydrogen-bond acceptors (Lipinski definition) is 2. The van der Waals surface area contributed by atoms with E-state index in [0.29, 0.717) is 6.04 Å². The summed E-state index contributed by atoms with van der Waals surface area (Å²) in [4.78, 5) is 16.7. The van der Waals surface area contributed by atoms with Crippen molar-refractivity contribution in [1.29, 1.82) is 0 Å². The predicted octanol–water partition coefficient (Wildman–Crippen LogP) is 3.61. The van der Waals surface area contributed by atoms with Crippen LogP contribution in [0.1, 0.15) is 32.1 Å². The molecule has 1 aliphatic carbocycles. The maximum atomic E-state index is 12.4. The van der Waals surface area contributed by atoms with Gasteiger partial charge in [0.05, 0.1) is 0 Å². The molecule has 1 saturated heterocycles. The summed E-state index contributed by atoms with van der Waals surface area (Å²) in [6, 6.07) is 8.88. The van der Waals surface area contributed by atoms with Crippen LogP contribution in [0.3, 0.4) is 0 Å². The van der Waals surface area contributed by atoms with Crippen molar-refractivity contribution >= 4 is 27.6 Å². The summed E-state index contributed by atoms with van der Waals surface area (Å²) in [5, 5.41) is 3.21. The van der Waals surface area contributed by atoms with E-state index in [9.17, 15) is 4.79 Å². The molecule has 2 amide bonds. The zero-order valence-corrected chi connectivity index (χ0v) is 14.5. The largest absolute Gasteiger partial charge is 0.368 e. The molecule has 0 bridgehead atoms. The summed E-state index contributed by atoms with van der Waals surface area (Å²) in [6.07, 6.45) is 6.11. The van der Waals surface area contributed by atoms with E-state index >= 15 is 0 Å². The normalized spacial score (nSPS) is 20.0. The molecule has 0 spiro atoms. The molecule has 2 aliphatic rings. The maximum absolute atomic E-state index is 12.4. The lowest BCUT2D eigenvalue weighted by Gasteiger charge is -2.37. The third-order valence-corrected chi connectivity index (χ3v) is 5.17. The molecule has 0 radical (unpaired) electrons. The van der Waals surface area contributed by atoms with Gasteiger partial charge in [0.2, 0.25) is 0 Å². The molecule has 0 atom stereocenters. The number of nitrogens with zero attached hydrogens (tertiary/aromatic N) is 2. The molecule has 3 rings (SSSR count). The lowest BCUT2D eigenvalue weighted by molar-refractivity contribution is 0.186. The van der Waals surface area contributed by atoms with Gasteiger partial charge in [0.15, 0.2) is 0 Å². The summed E-state index contributed by atoms with van der Waals surface area (Å²) in [5.74, 6) is 0. The number of benzene rings is 1. The van der Waals surface area contributed by atoms with E-state index in [1.165, 1.54) is 24.9 Å². The number of piperazine rings is 1. The van der Waals surface area contributed by atoms with Gasteiger partial charge in [-0.05, 0) is 31.0 Å². The van der Waals surface area contributed by atoms with Crippen molar-refractivity contribution in [3.8, 4) is 0 Å². The first-order valence-corrected chi connectivity index (χ1v) is 9.07. The van der Waals surface area contributed by atoms with Crippen molar-refractivity contribution in [3.63, 3.8) is 0 Å². The van der Waals surface area contributed by atoms with Crippen molar-refractivity contribution in [2.45, 2.75) is 38.1 Å². The molecule has 22 heavy (non-hydrogen) atoms. The second-order valence-corrected chi connectivity index (χ2v) is 7.15. The highest BCUT2D eigenvalue weighted by Gasteiger charge is 2.23. The van der Waals surface area contributed by atoms with E-state index in [4.69, 9.17) is 0 Å². The van der Waals surface area contributed by atoms with Gasteiger partial charge in [0, 0.05) is 42.4 Å². The van der Waals surface area contributed by atoms with E-state index < -0.39 is 0 Å². The first-order chi connectivity index (χ1) is 10.7.